The van der Waals surface area contributed by atoms with E-state index in [0.717, 1.165) is 4.47 Å². The molecule has 0 heterocycles. The summed E-state index contributed by atoms with van der Waals surface area (Å²) in [6, 6.07) is 12.0. The molecule has 0 saturated heterocycles. The van der Waals surface area contributed by atoms with E-state index in [1.54, 1.807) is 36.4 Å². The molecule has 0 fully saturated rings. The van der Waals surface area contributed by atoms with E-state index in [9.17, 15) is 9.59 Å². The molecule has 0 radical (unpaired) electrons. The molecule has 0 aliphatic carbocycles. The SMILES string of the molecule is COc1cccc(NC(=O)C(=O)NN=Cc2cc(Br)ccc2OC)c1. The number of amides is 2. The third-order valence-corrected chi connectivity index (χ3v) is 3.59. The number of hydrogen-bond donors (Lipinski definition) is 2. The fourth-order valence-corrected chi connectivity index (χ4v) is 2.28. The number of anilines is 1. The van der Waals surface area contributed by atoms with E-state index in [1.807, 2.05) is 6.07 Å². The van der Waals surface area contributed by atoms with Gasteiger partial charge in [0.15, 0.2) is 0 Å². The minimum Gasteiger partial charge on any atom is -0.497 e. The average molecular weight is 406 g/mol. The highest BCUT2D eigenvalue weighted by molar-refractivity contribution is 9.10. The van der Waals surface area contributed by atoms with Crippen LogP contribution in [0.3, 0.4) is 0 Å². The number of carbonyl (C=O) groups excluding carboxylic acids is 2. The highest BCUT2D eigenvalue weighted by atomic mass is 79.9. The monoisotopic (exact) mass is 405 g/mol. The molecular formula is C17H16BrN3O4. The van der Waals surface area contributed by atoms with Gasteiger partial charge < -0.3 is 14.8 Å². The number of methoxy groups -OCH3 is 2. The molecule has 0 atom stereocenters. The molecule has 0 aliphatic rings. The van der Waals surface area contributed by atoms with Crippen molar-refractivity contribution in [3.8, 4) is 11.5 Å². The molecule has 7 nitrogen and oxygen atoms in total. The van der Waals surface area contributed by atoms with Crippen LogP contribution in [-0.4, -0.2) is 32.2 Å². The molecular weight excluding hydrogens is 390 g/mol. The summed E-state index contributed by atoms with van der Waals surface area (Å²) in [5, 5.41) is 6.24. The van der Waals surface area contributed by atoms with E-state index in [2.05, 4.69) is 31.8 Å². The molecule has 8 heteroatoms. The predicted octanol–water partition coefficient (Wildman–Crippen LogP) is 2.56. The van der Waals surface area contributed by atoms with Crippen molar-refractivity contribution in [3.63, 3.8) is 0 Å². The second-order valence-corrected chi connectivity index (χ2v) is 5.69. The molecule has 2 amide bonds. The van der Waals surface area contributed by atoms with Crippen molar-refractivity contribution >= 4 is 39.6 Å². The van der Waals surface area contributed by atoms with Crippen molar-refractivity contribution in [1.82, 2.24) is 5.43 Å². The van der Waals surface area contributed by atoms with Crippen molar-refractivity contribution in [3.05, 3.63) is 52.5 Å². The number of hydrazone groups is 1. The lowest BCUT2D eigenvalue weighted by molar-refractivity contribution is -0.136. The Kier molecular flexibility index (Phi) is 6.53. The summed E-state index contributed by atoms with van der Waals surface area (Å²) in [7, 11) is 3.04. The van der Waals surface area contributed by atoms with Crippen LogP contribution in [0.15, 0.2) is 52.0 Å². The van der Waals surface area contributed by atoms with Crippen LogP contribution in [0.4, 0.5) is 5.69 Å². The maximum Gasteiger partial charge on any atom is 0.329 e. The van der Waals surface area contributed by atoms with Gasteiger partial charge in [0, 0.05) is 21.8 Å². The Morgan fingerprint density at radius 1 is 1.08 bits per heavy atom. The van der Waals surface area contributed by atoms with E-state index < -0.39 is 11.8 Å². The largest absolute Gasteiger partial charge is 0.497 e. The highest BCUT2D eigenvalue weighted by Gasteiger charge is 2.13. The van der Waals surface area contributed by atoms with E-state index in [4.69, 9.17) is 9.47 Å². The number of nitrogens with zero attached hydrogens (tertiary/aromatic N) is 1. The number of carbonyl (C=O) groups is 2. The maximum atomic E-state index is 11.9. The summed E-state index contributed by atoms with van der Waals surface area (Å²) >= 11 is 3.34. The van der Waals surface area contributed by atoms with Gasteiger partial charge in [-0.05, 0) is 30.3 Å². The topological polar surface area (TPSA) is 89.0 Å². The Balaban J connectivity index is 1.97. The van der Waals surface area contributed by atoms with Gasteiger partial charge in [-0.15, -0.1) is 0 Å². The summed E-state index contributed by atoms with van der Waals surface area (Å²) in [4.78, 5) is 23.7. The maximum absolute atomic E-state index is 11.9. The van der Waals surface area contributed by atoms with Crippen LogP contribution >= 0.6 is 15.9 Å². The van der Waals surface area contributed by atoms with E-state index in [1.165, 1.54) is 20.4 Å². The molecule has 2 aromatic carbocycles. The lowest BCUT2D eigenvalue weighted by Crippen LogP contribution is -2.32. The number of ether oxygens (including phenoxy) is 2. The fraction of sp³-hybridized carbons (Fsp3) is 0.118. The lowest BCUT2D eigenvalue weighted by Gasteiger charge is -2.06. The van der Waals surface area contributed by atoms with E-state index in [0.29, 0.717) is 22.7 Å². The van der Waals surface area contributed by atoms with Crippen LogP contribution in [0, 0.1) is 0 Å². The third-order valence-electron chi connectivity index (χ3n) is 3.10. The van der Waals surface area contributed by atoms with Gasteiger partial charge in [0.05, 0.1) is 20.4 Å². The second-order valence-electron chi connectivity index (χ2n) is 4.77. The first kappa shape index (κ1) is 18.5. The lowest BCUT2D eigenvalue weighted by atomic mass is 10.2. The molecule has 2 rings (SSSR count). The molecule has 25 heavy (non-hydrogen) atoms. The Labute approximate surface area is 153 Å². The molecule has 0 unspecified atom stereocenters. The quantitative estimate of drug-likeness (QED) is 0.454. The molecule has 130 valence electrons. The highest BCUT2D eigenvalue weighted by Crippen LogP contribution is 2.21. The zero-order valence-electron chi connectivity index (χ0n) is 13.6. The van der Waals surface area contributed by atoms with Crippen molar-refractivity contribution in [2.24, 2.45) is 5.10 Å². The molecule has 0 saturated carbocycles. The van der Waals surface area contributed by atoms with Gasteiger partial charge in [-0.2, -0.15) is 5.10 Å². The van der Waals surface area contributed by atoms with E-state index in [-0.39, 0.29) is 0 Å². The molecule has 2 N–H and O–H groups in total. The van der Waals surface area contributed by atoms with Crippen LogP contribution < -0.4 is 20.2 Å². The zero-order valence-corrected chi connectivity index (χ0v) is 15.2. The number of rotatable bonds is 5. The number of halogens is 1. The van der Waals surface area contributed by atoms with Crippen LogP contribution in [0.2, 0.25) is 0 Å². The van der Waals surface area contributed by atoms with Crippen molar-refractivity contribution < 1.29 is 19.1 Å². The number of benzene rings is 2. The smallest absolute Gasteiger partial charge is 0.329 e. The summed E-state index contributed by atoms with van der Waals surface area (Å²) in [6.07, 6.45) is 1.39. The molecule has 0 aromatic heterocycles. The Morgan fingerprint density at radius 2 is 1.88 bits per heavy atom. The van der Waals surface area contributed by atoms with Crippen LogP contribution in [0.1, 0.15) is 5.56 Å². The van der Waals surface area contributed by atoms with Gasteiger partial charge in [0.25, 0.3) is 0 Å². The first-order valence-corrected chi connectivity index (χ1v) is 7.94. The van der Waals surface area contributed by atoms with Crippen LogP contribution in [-0.2, 0) is 9.59 Å². The summed E-state index contributed by atoms with van der Waals surface area (Å²) in [5.74, 6) is -0.584. The van der Waals surface area contributed by atoms with Crippen LogP contribution in [0.25, 0.3) is 0 Å². The molecule has 0 bridgehead atoms. The normalized spacial score (nSPS) is 10.4. The van der Waals surface area contributed by atoms with Crippen molar-refractivity contribution in [1.29, 1.82) is 0 Å². The predicted molar refractivity (Wildman–Crippen MR) is 98.1 cm³/mol. The minimum absolute atomic E-state index is 0.442. The zero-order chi connectivity index (χ0) is 18.2. The van der Waals surface area contributed by atoms with Gasteiger partial charge in [0.2, 0.25) is 0 Å². The third kappa shape index (κ3) is 5.32. The Hall–Kier alpha value is -2.87. The molecule has 2 aromatic rings. The van der Waals surface area contributed by atoms with Gasteiger partial charge >= 0.3 is 11.8 Å². The molecule has 0 spiro atoms. The number of hydrogen-bond acceptors (Lipinski definition) is 5. The van der Waals surface area contributed by atoms with Crippen molar-refractivity contribution in [2.45, 2.75) is 0 Å². The van der Waals surface area contributed by atoms with Crippen molar-refractivity contribution in [2.75, 3.05) is 19.5 Å². The van der Waals surface area contributed by atoms with E-state index >= 15 is 0 Å². The minimum atomic E-state index is -0.895. The summed E-state index contributed by atoms with van der Waals surface area (Å²) in [5.41, 5.74) is 3.25. The number of nitrogens with one attached hydrogen (secondary N) is 2. The average Bonchev–Trinajstić information content (AvgIpc) is 2.62. The van der Waals surface area contributed by atoms with Gasteiger partial charge in [-0.1, -0.05) is 22.0 Å². The summed E-state index contributed by atoms with van der Waals surface area (Å²) in [6.45, 7) is 0. The summed E-state index contributed by atoms with van der Waals surface area (Å²) < 4.78 is 11.1. The van der Waals surface area contributed by atoms with Gasteiger partial charge in [-0.3, -0.25) is 9.59 Å². The fourth-order valence-electron chi connectivity index (χ4n) is 1.91. The Bertz CT molecular complexity index is 808. The van der Waals surface area contributed by atoms with Gasteiger partial charge in [0.1, 0.15) is 11.5 Å². The first-order chi connectivity index (χ1) is 12.0. The van der Waals surface area contributed by atoms with Crippen LogP contribution in [0.5, 0.6) is 11.5 Å². The standard InChI is InChI=1S/C17H16BrN3O4/c1-24-14-5-3-4-13(9-14)20-16(22)17(23)21-19-10-11-8-12(18)6-7-15(11)25-2/h3-10H,1-2H3,(H,20,22)(H,21,23). The Morgan fingerprint density at radius 3 is 2.60 bits per heavy atom. The van der Waals surface area contributed by atoms with Gasteiger partial charge in [-0.25, -0.2) is 5.43 Å². The second kappa shape index (κ2) is 8.84. The first-order valence-electron chi connectivity index (χ1n) is 7.15. The molecule has 0 aliphatic heterocycles.